The Balaban J connectivity index is 1.27. The quantitative estimate of drug-likeness (QED) is 0.444. The van der Waals surface area contributed by atoms with E-state index in [0.29, 0.717) is 24.1 Å². The number of rotatable bonds is 8. The van der Waals surface area contributed by atoms with Crippen molar-refractivity contribution in [2.24, 2.45) is 5.92 Å². The predicted molar refractivity (Wildman–Crippen MR) is 145 cm³/mol. The number of anilines is 3. The van der Waals surface area contributed by atoms with Gasteiger partial charge in [-0.05, 0) is 82.9 Å². The van der Waals surface area contributed by atoms with Crippen molar-refractivity contribution in [3.05, 3.63) is 41.6 Å². The van der Waals surface area contributed by atoms with Crippen molar-refractivity contribution in [3.63, 3.8) is 0 Å². The average molecular weight is 560 g/mol. The van der Waals surface area contributed by atoms with E-state index in [0.717, 1.165) is 51.4 Å². The van der Waals surface area contributed by atoms with Gasteiger partial charge in [-0.3, -0.25) is 9.59 Å². The van der Waals surface area contributed by atoms with Gasteiger partial charge in [0, 0.05) is 42.6 Å². The zero-order chi connectivity index (χ0) is 28.4. The molecular weight excluding hydrogens is 523 g/mol. The summed E-state index contributed by atoms with van der Waals surface area (Å²) < 4.78 is 41.4. The molecule has 1 aromatic heterocycles. The number of halogens is 3. The molecule has 2 amide bonds. The van der Waals surface area contributed by atoms with E-state index in [1.807, 2.05) is 7.05 Å². The van der Waals surface area contributed by atoms with Gasteiger partial charge in [0.15, 0.2) is 0 Å². The lowest BCUT2D eigenvalue weighted by Gasteiger charge is -2.35. The van der Waals surface area contributed by atoms with Crippen LogP contribution in [-0.2, 0) is 11.0 Å². The van der Waals surface area contributed by atoms with Crippen LogP contribution in [0.1, 0.15) is 60.9 Å². The Kier molecular flexibility index (Phi) is 8.16. The molecule has 2 aromatic rings. The summed E-state index contributed by atoms with van der Waals surface area (Å²) in [5, 5.41) is 8.82. The summed E-state index contributed by atoms with van der Waals surface area (Å²) in [7, 11) is 3.89. The minimum atomic E-state index is -4.66. The first-order valence-corrected chi connectivity index (χ1v) is 13.9. The van der Waals surface area contributed by atoms with Crippen molar-refractivity contribution in [1.82, 2.24) is 25.1 Å². The molecule has 5 rings (SSSR count). The third-order valence-corrected chi connectivity index (χ3v) is 8.14. The third kappa shape index (κ3) is 6.65. The number of hydrogen-bond acceptors (Lipinski definition) is 7. The number of piperidine rings is 1. The molecule has 2 atom stereocenters. The van der Waals surface area contributed by atoms with Gasteiger partial charge in [-0.2, -0.15) is 18.2 Å². The summed E-state index contributed by atoms with van der Waals surface area (Å²) in [5.74, 6) is -0.974. The van der Waals surface area contributed by atoms with E-state index in [4.69, 9.17) is 0 Å². The number of alkyl halides is 3. The highest BCUT2D eigenvalue weighted by atomic mass is 19.4. The first-order chi connectivity index (χ1) is 19.1. The van der Waals surface area contributed by atoms with E-state index in [-0.39, 0.29) is 35.7 Å². The molecule has 12 heteroatoms. The van der Waals surface area contributed by atoms with Crippen LogP contribution in [0.15, 0.2) is 30.5 Å². The predicted octanol–water partition coefficient (Wildman–Crippen LogP) is 4.26. The van der Waals surface area contributed by atoms with Gasteiger partial charge in [-0.1, -0.05) is 6.42 Å². The van der Waals surface area contributed by atoms with Crippen LogP contribution in [0.4, 0.5) is 30.6 Å². The second-order valence-electron chi connectivity index (χ2n) is 11.2. The van der Waals surface area contributed by atoms with Crippen LogP contribution in [0.5, 0.6) is 0 Å². The van der Waals surface area contributed by atoms with Gasteiger partial charge < -0.3 is 25.8 Å². The van der Waals surface area contributed by atoms with Crippen LogP contribution >= 0.6 is 0 Å². The molecule has 216 valence electrons. The van der Waals surface area contributed by atoms with Crippen LogP contribution in [-0.4, -0.2) is 76.9 Å². The van der Waals surface area contributed by atoms with Gasteiger partial charge in [-0.15, -0.1) is 0 Å². The molecule has 2 heterocycles. The number of carbonyl (C=O) groups is 2. The lowest BCUT2D eigenvalue weighted by atomic mass is 10.0. The second kappa shape index (κ2) is 11.6. The number of hydrogen-bond donors (Lipinski definition) is 3. The maximum Gasteiger partial charge on any atom is 0.421 e. The van der Waals surface area contributed by atoms with E-state index < -0.39 is 23.7 Å². The Hall–Kier alpha value is -3.41. The monoisotopic (exact) mass is 559 g/mol. The van der Waals surface area contributed by atoms with Gasteiger partial charge in [0.25, 0.3) is 5.91 Å². The normalized spacial score (nSPS) is 22.1. The van der Waals surface area contributed by atoms with E-state index in [1.165, 1.54) is 0 Å². The summed E-state index contributed by atoms with van der Waals surface area (Å²) >= 11 is 0. The highest BCUT2D eigenvalue weighted by Gasteiger charge is 2.39. The fourth-order valence-corrected chi connectivity index (χ4v) is 5.49. The Morgan fingerprint density at radius 2 is 1.73 bits per heavy atom. The van der Waals surface area contributed by atoms with Crippen LogP contribution in [0.3, 0.4) is 0 Å². The molecule has 2 aliphatic carbocycles. The van der Waals surface area contributed by atoms with Crippen LogP contribution in [0, 0.1) is 5.92 Å². The fraction of sp³-hybridized carbons (Fsp3) is 0.571. The number of amides is 2. The smallest absolute Gasteiger partial charge is 0.366 e. The standard InChI is InChI=1S/C28H36F3N7O2/c1-37-14-12-20(13-15-37)38(2)26(40)17-6-8-19(9-7-17)34-27-32-16-22(28(29,30)31)24(36-27)35-23-5-3-4-21(23)25(39)33-18-10-11-18/h6-9,16,18,20-21,23H,3-5,10-15H2,1-2H3,(H,33,39)(H2,32,34,35,36)/t21-,23+/m0/s1. The summed E-state index contributed by atoms with van der Waals surface area (Å²) in [5.41, 5.74) is 0.0790. The molecule has 1 saturated heterocycles. The van der Waals surface area contributed by atoms with E-state index in [1.54, 1.807) is 29.2 Å². The molecular formula is C28H36F3N7O2. The highest BCUT2D eigenvalue weighted by molar-refractivity contribution is 5.94. The van der Waals surface area contributed by atoms with Crippen molar-refractivity contribution in [3.8, 4) is 0 Å². The molecule has 9 nitrogen and oxygen atoms in total. The summed E-state index contributed by atoms with van der Waals surface area (Å²) in [4.78, 5) is 37.7. The van der Waals surface area contributed by atoms with Gasteiger partial charge in [0.1, 0.15) is 11.4 Å². The van der Waals surface area contributed by atoms with Gasteiger partial charge in [-0.25, -0.2) is 4.98 Å². The van der Waals surface area contributed by atoms with Crippen molar-refractivity contribution >= 4 is 29.3 Å². The number of carbonyl (C=O) groups excluding carboxylic acids is 2. The minimum absolute atomic E-state index is 0.0185. The molecule has 3 N–H and O–H groups in total. The molecule has 3 fully saturated rings. The Morgan fingerprint density at radius 3 is 2.38 bits per heavy atom. The molecule has 1 aromatic carbocycles. The maximum absolute atomic E-state index is 13.8. The first-order valence-electron chi connectivity index (χ1n) is 13.9. The lowest BCUT2D eigenvalue weighted by Crippen LogP contribution is -2.44. The summed E-state index contributed by atoms with van der Waals surface area (Å²) in [6.45, 7) is 1.90. The number of nitrogens with one attached hydrogen (secondary N) is 3. The van der Waals surface area contributed by atoms with Gasteiger partial charge >= 0.3 is 6.18 Å². The SMILES string of the molecule is CN1CCC(N(C)C(=O)c2ccc(Nc3ncc(C(F)(F)F)c(N[C@@H]4CCC[C@@H]4C(=O)NC4CC4)n3)cc2)CC1. The summed E-state index contributed by atoms with van der Waals surface area (Å²) in [6, 6.07) is 6.65. The van der Waals surface area contributed by atoms with E-state index in [9.17, 15) is 22.8 Å². The van der Waals surface area contributed by atoms with Crippen LogP contribution in [0.2, 0.25) is 0 Å². The zero-order valence-electron chi connectivity index (χ0n) is 22.8. The third-order valence-electron chi connectivity index (χ3n) is 8.14. The van der Waals surface area contributed by atoms with Crippen molar-refractivity contribution < 1.29 is 22.8 Å². The van der Waals surface area contributed by atoms with Gasteiger partial charge in [0.05, 0.1) is 5.92 Å². The Bertz CT molecular complexity index is 1210. The average Bonchev–Trinajstić information content (AvgIpc) is 3.62. The van der Waals surface area contributed by atoms with E-state index >= 15 is 0 Å². The molecule has 40 heavy (non-hydrogen) atoms. The van der Waals surface area contributed by atoms with E-state index in [2.05, 4.69) is 37.9 Å². The highest BCUT2D eigenvalue weighted by Crippen LogP contribution is 2.37. The fourth-order valence-electron chi connectivity index (χ4n) is 5.49. The number of aromatic nitrogens is 2. The first kappa shape index (κ1) is 28.1. The van der Waals surface area contributed by atoms with Crippen LogP contribution < -0.4 is 16.0 Å². The number of benzene rings is 1. The lowest BCUT2D eigenvalue weighted by molar-refractivity contribution is -0.137. The topological polar surface area (TPSA) is 102 Å². The zero-order valence-corrected chi connectivity index (χ0v) is 22.8. The molecule has 2 saturated carbocycles. The Labute approximate surface area is 231 Å². The van der Waals surface area contributed by atoms with Crippen molar-refractivity contribution in [1.29, 1.82) is 0 Å². The number of likely N-dealkylation sites (tertiary alicyclic amines) is 1. The molecule has 3 aliphatic rings. The molecule has 0 radical (unpaired) electrons. The van der Waals surface area contributed by atoms with Gasteiger partial charge in [0.2, 0.25) is 11.9 Å². The van der Waals surface area contributed by atoms with Crippen molar-refractivity contribution in [2.45, 2.75) is 69.2 Å². The molecule has 0 unspecified atom stereocenters. The Morgan fingerprint density at radius 1 is 1.02 bits per heavy atom. The minimum Gasteiger partial charge on any atom is -0.366 e. The van der Waals surface area contributed by atoms with Crippen LogP contribution in [0.25, 0.3) is 0 Å². The molecule has 0 bridgehead atoms. The molecule has 1 aliphatic heterocycles. The second-order valence-corrected chi connectivity index (χ2v) is 11.2. The largest absolute Gasteiger partial charge is 0.421 e. The maximum atomic E-state index is 13.8. The molecule has 0 spiro atoms. The summed E-state index contributed by atoms with van der Waals surface area (Å²) in [6.07, 6.45) is 1.77. The van der Waals surface area contributed by atoms with Crippen molar-refractivity contribution in [2.75, 3.05) is 37.8 Å². The number of nitrogens with zero attached hydrogens (tertiary/aromatic N) is 4.